The van der Waals surface area contributed by atoms with Gasteiger partial charge in [-0.3, -0.25) is 4.79 Å². The Hall–Kier alpha value is -1.13. The number of likely N-dealkylation sites (tertiary alicyclic amines) is 1. The highest BCUT2D eigenvalue weighted by molar-refractivity contribution is 6.30. The molecule has 2 fully saturated rings. The molecule has 2 aliphatic rings. The summed E-state index contributed by atoms with van der Waals surface area (Å²) in [5.41, 5.74) is 0.897. The van der Waals surface area contributed by atoms with Crippen LogP contribution in [0.1, 0.15) is 31.2 Å². The summed E-state index contributed by atoms with van der Waals surface area (Å²) in [6.45, 7) is 2.30. The summed E-state index contributed by atoms with van der Waals surface area (Å²) in [7, 11) is 0. The van der Waals surface area contributed by atoms with Crippen molar-refractivity contribution in [2.75, 3.05) is 13.1 Å². The van der Waals surface area contributed by atoms with E-state index in [0.29, 0.717) is 24.4 Å². The maximum Gasteiger partial charge on any atom is 0.225 e. The largest absolute Gasteiger partial charge is 0.342 e. The van der Waals surface area contributed by atoms with Gasteiger partial charge >= 0.3 is 0 Å². The van der Waals surface area contributed by atoms with Crippen molar-refractivity contribution in [1.82, 2.24) is 10.2 Å². The van der Waals surface area contributed by atoms with Crippen molar-refractivity contribution < 1.29 is 9.18 Å². The predicted octanol–water partition coefficient (Wildman–Crippen LogP) is 2.97. The Bertz CT molecular complexity index is 525. The van der Waals surface area contributed by atoms with E-state index in [1.54, 1.807) is 6.07 Å². The van der Waals surface area contributed by atoms with Crippen molar-refractivity contribution in [2.24, 2.45) is 5.92 Å². The van der Waals surface area contributed by atoms with E-state index >= 15 is 0 Å². The quantitative estimate of drug-likeness (QED) is 0.927. The molecular weight excluding hydrogens is 291 g/mol. The van der Waals surface area contributed by atoms with Crippen LogP contribution in [0, 0.1) is 11.7 Å². The van der Waals surface area contributed by atoms with E-state index in [-0.39, 0.29) is 10.8 Å². The SMILES string of the molecule is O=C(C1CC1)N1CCC(NCc2ccc(Cl)c(F)c2)CC1. The number of carbonyl (C=O) groups excluding carboxylic acids is 1. The zero-order chi connectivity index (χ0) is 14.8. The molecule has 1 aliphatic heterocycles. The Labute approximate surface area is 129 Å². The third-order valence-corrected chi connectivity index (χ3v) is 4.62. The number of nitrogens with one attached hydrogen (secondary N) is 1. The molecule has 0 unspecified atom stereocenters. The second-order valence-electron chi connectivity index (χ2n) is 6.00. The molecule has 1 saturated carbocycles. The number of hydrogen-bond donors (Lipinski definition) is 1. The fraction of sp³-hybridized carbons (Fsp3) is 0.562. The summed E-state index contributed by atoms with van der Waals surface area (Å²) in [5.74, 6) is 0.278. The monoisotopic (exact) mass is 310 g/mol. The second kappa shape index (κ2) is 6.32. The van der Waals surface area contributed by atoms with E-state index in [1.165, 1.54) is 6.07 Å². The van der Waals surface area contributed by atoms with Crippen molar-refractivity contribution in [3.05, 3.63) is 34.6 Å². The van der Waals surface area contributed by atoms with Gasteiger partial charge in [-0.1, -0.05) is 17.7 Å². The van der Waals surface area contributed by atoms with Crippen molar-refractivity contribution in [2.45, 2.75) is 38.3 Å². The fourth-order valence-electron chi connectivity index (χ4n) is 2.80. The average molecular weight is 311 g/mol. The van der Waals surface area contributed by atoms with E-state index in [9.17, 15) is 9.18 Å². The van der Waals surface area contributed by atoms with Gasteiger partial charge in [-0.05, 0) is 43.4 Å². The molecule has 1 heterocycles. The van der Waals surface area contributed by atoms with Crippen LogP contribution in [0.2, 0.25) is 5.02 Å². The minimum atomic E-state index is -0.374. The van der Waals surface area contributed by atoms with Crippen LogP contribution in [0.5, 0.6) is 0 Å². The zero-order valence-corrected chi connectivity index (χ0v) is 12.7. The summed E-state index contributed by atoms with van der Waals surface area (Å²) >= 11 is 5.67. The molecule has 0 aromatic heterocycles. The normalized spacial score (nSPS) is 19.8. The van der Waals surface area contributed by atoms with Gasteiger partial charge in [-0.25, -0.2) is 4.39 Å². The highest BCUT2D eigenvalue weighted by Gasteiger charge is 2.34. The molecule has 3 rings (SSSR count). The van der Waals surface area contributed by atoms with E-state index in [4.69, 9.17) is 11.6 Å². The van der Waals surface area contributed by atoms with Crippen molar-refractivity contribution in [3.63, 3.8) is 0 Å². The number of halogens is 2. The summed E-state index contributed by atoms with van der Waals surface area (Å²) < 4.78 is 13.4. The first kappa shape index (κ1) is 14.8. The summed E-state index contributed by atoms with van der Waals surface area (Å²) in [6.07, 6.45) is 4.07. The molecule has 1 saturated heterocycles. The molecule has 5 heteroatoms. The first-order chi connectivity index (χ1) is 10.1. The highest BCUT2D eigenvalue weighted by atomic mass is 35.5. The Kier molecular flexibility index (Phi) is 4.45. The second-order valence-corrected chi connectivity index (χ2v) is 6.41. The topological polar surface area (TPSA) is 32.3 Å². The molecule has 1 aromatic carbocycles. The smallest absolute Gasteiger partial charge is 0.225 e. The van der Waals surface area contributed by atoms with E-state index in [2.05, 4.69) is 5.32 Å². The Morgan fingerprint density at radius 2 is 2.00 bits per heavy atom. The minimum Gasteiger partial charge on any atom is -0.342 e. The lowest BCUT2D eigenvalue weighted by Crippen LogP contribution is -2.45. The maximum absolute atomic E-state index is 13.4. The summed E-state index contributed by atoms with van der Waals surface area (Å²) in [5, 5.41) is 3.60. The highest BCUT2D eigenvalue weighted by Crippen LogP contribution is 2.31. The van der Waals surface area contributed by atoms with E-state index in [0.717, 1.165) is 44.3 Å². The molecule has 1 N–H and O–H groups in total. The third-order valence-electron chi connectivity index (χ3n) is 4.31. The molecule has 0 radical (unpaired) electrons. The minimum absolute atomic E-state index is 0.158. The molecule has 0 atom stereocenters. The van der Waals surface area contributed by atoms with Crippen LogP contribution in [0.3, 0.4) is 0 Å². The van der Waals surface area contributed by atoms with Gasteiger partial charge in [-0.2, -0.15) is 0 Å². The van der Waals surface area contributed by atoms with Gasteiger partial charge in [0.05, 0.1) is 5.02 Å². The molecule has 0 spiro atoms. The lowest BCUT2D eigenvalue weighted by Gasteiger charge is -2.32. The third kappa shape index (κ3) is 3.74. The molecule has 1 aromatic rings. The predicted molar refractivity (Wildman–Crippen MR) is 80.6 cm³/mol. The Balaban J connectivity index is 1.44. The average Bonchev–Trinajstić information content (AvgIpc) is 3.33. The van der Waals surface area contributed by atoms with Gasteiger partial charge in [0.25, 0.3) is 0 Å². The Morgan fingerprint density at radius 3 is 2.62 bits per heavy atom. The van der Waals surface area contributed by atoms with Crippen LogP contribution in [0.25, 0.3) is 0 Å². The maximum atomic E-state index is 13.4. The molecule has 1 aliphatic carbocycles. The molecule has 0 bridgehead atoms. The van der Waals surface area contributed by atoms with Gasteiger partial charge < -0.3 is 10.2 Å². The number of benzene rings is 1. The number of piperidine rings is 1. The van der Waals surface area contributed by atoms with Gasteiger partial charge in [0, 0.05) is 31.6 Å². The number of rotatable bonds is 4. The van der Waals surface area contributed by atoms with Gasteiger partial charge in [0.1, 0.15) is 5.82 Å². The Morgan fingerprint density at radius 1 is 1.29 bits per heavy atom. The fourth-order valence-corrected chi connectivity index (χ4v) is 2.92. The number of nitrogens with zero attached hydrogens (tertiary/aromatic N) is 1. The standard InChI is InChI=1S/C16H20ClFN2O/c17-14-4-1-11(9-15(14)18)10-19-13-5-7-20(8-6-13)16(21)12-2-3-12/h1,4,9,12-13,19H,2-3,5-8,10H2. The number of amides is 1. The van der Waals surface area contributed by atoms with E-state index < -0.39 is 0 Å². The molecule has 3 nitrogen and oxygen atoms in total. The van der Waals surface area contributed by atoms with Crippen LogP contribution < -0.4 is 5.32 Å². The van der Waals surface area contributed by atoms with E-state index in [1.807, 2.05) is 11.0 Å². The van der Waals surface area contributed by atoms with Gasteiger partial charge in [0.2, 0.25) is 5.91 Å². The van der Waals surface area contributed by atoms with Crippen molar-refractivity contribution >= 4 is 17.5 Å². The van der Waals surface area contributed by atoms with Gasteiger partial charge in [-0.15, -0.1) is 0 Å². The molecule has 114 valence electrons. The van der Waals surface area contributed by atoms with Crippen LogP contribution in [-0.2, 0) is 11.3 Å². The molecule has 1 amide bonds. The van der Waals surface area contributed by atoms with Crippen LogP contribution >= 0.6 is 11.6 Å². The lowest BCUT2D eigenvalue weighted by molar-refractivity contribution is -0.133. The number of carbonyl (C=O) groups is 1. The summed E-state index contributed by atoms with van der Waals surface area (Å²) in [6, 6.07) is 5.29. The number of hydrogen-bond acceptors (Lipinski definition) is 2. The van der Waals surface area contributed by atoms with Crippen LogP contribution in [0.15, 0.2) is 18.2 Å². The summed E-state index contributed by atoms with van der Waals surface area (Å²) in [4.78, 5) is 14.0. The van der Waals surface area contributed by atoms with Crippen LogP contribution in [-0.4, -0.2) is 29.9 Å². The van der Waals surface area contributed by atoms with Crippen molar-refractivity contribution in [1.29, 1.82) is 0 Å². The first-order valence-electron chi connectivity index (χ1n) is 7.59. The van der Waals surface area contributed by atoms with Crippen LogP contribution in [0.4, 0.5) is 4.39 Å². The lowest BCUT2D eigenvalue weighted by atomic mass is 10.0. The first-order valence-corrected chi connectivity index (χ1v) is 7.97. The molecular formula is C16H20ClFN2O. The van der Waals surface area contributed by atoms with Gasteiger partial charge in [0.15, 0.2) is 0 Å². The van der Waals surface area contributed by atoms with Crippen molar-refractivity contribution in [3.8, 4) is 0 Å². The zero-order valence-electron chi connectivity index (χ0n) is 11.9. The molecule has 21 heavy (non-hydrogen) atoms.